The van der Waals surface area contributed by atoms with Crippen molar-refractivity contribution in [3.63, 3.8) is 0 Å². The number of hydrogen-bond acceptors (Lipinski definition) is 4. The Bertz CT molecular complexity index is 508. The van der Waals surface area contributed by atoms with E-state index in [1.165, 1.54) is 7.11 Å². The van der Waals surface area contributed by atoms with E-state index in [4.69, 9.17) is 21.1 Å². The Morgan fingerprint density at radius 2 is 2.10 bits per heavy atom. The predicted molar refractivity (Wildman–Crippen MR) is 80.9 cm³/mol. The van der Waals surface area contributed by atoms with Gasteiger partial charge in [0.25, 0.3) is 0 Å². The summed E-state index contributed by atoms with van der Waals surface area (Å²) in [6, 6.07) is 4.09. The molecule has 0 spiro atoms. The molecule has 0 aliphatic heterocycles. The molecule has 0 saturated carbocycles. The molecule has 0 aliphatic carbocycles. The van der Waals surface area contributed by atoms with Crippen LogP contribution in [0.2, 0.25) is 5.02 Å². The van der Waals surface area contributed by atoms with Gasteiger partial charge in [0.1, 0.15) is 5.75 Å². The lowest BCUT2D eigenvalue weighted by Gasteiger charge is -2.15. The van der Waals surface area contributed by atoms with Crippen LogP contribution in [0.4, 0.5) is 10.5 Å². The maximum atomic E-state index is 11.9. The van der Waals surface area contributed by atoms with Gasteiger partial charge in [0.2, 0.25) is 0 Å². The number of benzene rings is 1. The Morgan fingerprint density at radius 1 is 1.38 bits per heavy atom. The van der Waals surface area contributed by atoms with E-state index in [1.807, 2.05) is 0 Å². The summed E-state index contributed by atoms with van der Waals surface area (Å²) in [6.45, 7) is 3.76. The van der Waals surface area contributed by atoms with Crippen LogP contribution in [0.15, 0.2) is 18.2 Å². The molecule has 1 atom stereocenters. The number of halogens is 1. The summed E-state index contributed by atoms with van der Waals surface area (Å²) in [4.78, 5) is 23.2. The van der Waals surface area contributed by atoms with Crippen LogP contribution >= 0.6 is 11.6 Å². The first-order chi connectivity index (χ1) is 9.96. The van der Waals surface area contributed by atoms with Crippen molar-refractivity contribution in [2.75, 3.05) is 19.0 Å². The first-order valence-corrected chi connectivity index (χ1v) is 6.90. The lowest BCUT2D eigenvalue weighted by atomic mass is 10.2. The summed E-state index contributed by atoms with van der Waals surface area (Å²) in [7, 11) is 1.50. The molecule has 0 aromatic heterocycles. The molecular formula is C14H19ClN2O4. The minimum atomic E-state index is -0.452. The molecule has 1 aromatic carbocycles. The van der Waals surface area contributed by atoms with Gasteiger partial charge >= 0.3 is 12.0 Å². The van der Waals surface area contributed by atoms with Crippen LogP contribution in [0.3, 0.4) is 0 Å². The summed E-state index contributed by atoms with van der Waals surface area (Å²) in [5.41, 5.74) is 0.450. The van der Waals surface area contributed by atoms with Gasteiger partial charge in [0, 0.05) is 11.1 Å². The van der Waals surface area contributed by atoms with Gasteiger partial charge in [0.15, 0.2) is 0 Å². The number of rotatable bonds is 6. The fourth-order valence-corrected chi connectivity index (χ4v) is 1.85. The van der Waals surface area contributed by atoms with E-state index in [0.717, 1.165) is 0 Å². The summed E-state index contributed by atoms with van der Waals surface area (Å²) >= 11 is 5.88. The van der Waals surface area contributed by atoms with Crippen molar-refractivity contribution in [1.29, 1.82) is 0 Å². The molecular weight excluding hydrogens is 296 g/mol. The summed E-state index contributed by atoms with van der Waals surface area (Å²) < 4.78 is 9.94. The second kappa shape index (κ2) is 8.36. The van der Waals surface area contributed by atoms with Gasteiger partial charge in [-0.25, -0.2) is 4.79 Å². The number of carbonyl (C=O) groups excluding carboxylic acids is 2. The van der Waals surface area contributed by atoms with E-state index in [9.17, 15) is 9.59 Å². The minimum Gasteiger partial charge on any atom is -0.495 e. The van der Waals surface area contributed by atoms with Crippen LogP contribution in [0.1, 0.15) is 20.3 Å². The number of urea groups is 1. The van der Waals surface area contributed by atoms with Crippen LogP contribution in [0.25, 0.3) is 0 Å². The lowest BCUT2D eigenvalue weighted by Crippen LogP contribution is -2.37. The third kappa shape index (κ3) is 5.91. The molecule has 0 saturated heterocycles. The highest BCUT2D eigenvalue weighted by molar-refractivity contribution is 6.31. The van der Waals surface area contributed by atoms with E-state index in [2.05, 4.69) is 10.6 Å². The molecule has 2 amide bonds. The molecule has 1 rings (SSSR count). The monoisotopic (exact) mass is 314 g/mol. The summed E-state index contributed by atoms with van der Waals surface area (Å²) in [5, 5.41) is 5.74. The van der Waals surface area contributed by atoms with E-state index in [1.54, 1.807) is 32.0 Å². The van der Waals surface area contributed by atoms with Gasteiger partial charge in [-0.1, -0.05) is 11.6 Å². The third-order valence-electron chi connectivity index (χ3n) is 2.57. The Morgan fingerprint density at radius 3 is 2.71 bits per heavy atom. The number of anilines is 1. The normalized spacial score (nSPS) is 11.4. The van der Waals surface area contributed by atoms with Crippen LogP contribution in [0.5, 0.6) is 5.75 Å². The second-order valence-corrected chi connectivity index (χ2v) is 4.79. The Labute approximate surface area is 128 Å². The third-order valence-corrected chi connectivity index (χ3v) is 2.80. The van der Waals surface area contributed by atoms with Gasteiger partial charge in [-0.15, -0.1) is 0 Å². The van der Waals surface area contributed by atoms with Crippen LogP contribution in [0, 0.1) is 0 Å². The number of ether oxygens (including phenoxy) is 2. The highest BCUT2D eigenvalue weighted by atomic mass is 35.5. The van der Waals surface area contributed by atoms with Gasteiger partial charge in [-0.3, -0.25) is 4.79 Å². The number of esters is 1. The van der Waals surface area contributed by atoms with E-state index < -0.39 is 6.03 Å². The molecule has 0 bridgehead atoms. The molecule has 2 N–H and O–H groups in total. The van der Waals surface area contributed by atoms with Crippen molar-refractivity contribution in [1.82, 2.24) is 5.32 Å². The van der Waals surface area contributed by atoms with E-state index in [0.29, 0.717) is 23.1 Å². The Hall–Kier alpha value is -1.95. The van der Waals surface area contributed by atoms with Gasteiger partial charge < -0.3 is 20.1 Å². The standard InChI is InChI=1S/C14H19ClN2O4/c1-4-21-13(18)7-9(2)16-14(19)17-11-8-10(15)5-6-12(11)20-3/h5-6,8-9H,4,7H2,1-3H3,(H2,16,17,19). The van der Waals surface area contributed by atoms with E-state index in [-0.39, 0.29) is 18.4 Å². The smallest absolute Gasteiger partial charge is 0.319 e. The number of amides is 2. The SMILES string of the molecule is CCOC(=O)CC(C)NC(=O)Nc1cc(Cl)ccc1OC. The number of nitrogens with one attached hydrogen (secondary N) is 2. The molecule has 6 nitrogen and oxygen atoms in total. The lowest BCUT2D eigenvalue weighted by molar-refractivity contribution is -0.143. The zero-order valence-electron chi connectivity index (χ0n) is 12.2. The van der Waals surface area contributed by atoms with Crippen molar-refractivity contribution < 1.29 is 19.1 Å². The van der Waals surface area contributed by atoms with Crippen molar-refractivity contribution in [2.45, 2.75) is 26.3 Å². The van der Waals surface area contributed by atoms with Crippen molar-refractivity contribution in [3.05, 3.63) is 23.2 Å². The summed E-state index contributed by atoms with van der Waals surface area (Å²) in [6.07, 6.45) is 0.105. The molecule has 1 aromatic rings. The molecule has 0 radical (unpaired) electrons. The number of hydrogen-bond donors (Lipinski definition) is 2. The molecule has 116 valence electrons. The topological polar surface area (TPSA) is 76.7 Å². The molecule has 0 fully saturated rings. The number of carbonyl (C=O) groups is 2. The van der Waals surface area contributed by atoms with Gasteiger partial charge in [0.05, 0.1) is 25.8 Å². The molecule has 1 unspecified atom stereocenters. The second-order valence-electron chi connectivity index (χ2n) is 4.35. The number of methoxy groups -OCH3 is 1. The zero-order valence-corrected chi connectivity index (χ0v) is 13.0. The van der Waals surface area contributed by atoms with Crippen molar-refractivity contribution in [2.24, 2.45) is 0 Å². The van der Waals surface area contributed by atoms with E-state index >= 15 is 0 Å². The Balaban J connectivity index is 2.57. The van der Waals surface area contributed by atoms with Gasteiger partial charge in [-0.2, -0.15) is 0 Å². The molecule has 0 heterocycles. The quantitative estimate of drug-likeness (QED) is 0.792. The summed E-state index contributed by atoms with van der Waals surface area (Å²) in [5.74, 6) is 0.137. The largest absolute Gasteiger partial charge is 0.495 e. The predicted octanol–water partition coefficient (Wildman–Crippen LogP) is 2.81. The molecule has 7 heteroatoms. The van der Waals surface area contributed by atoms with Crippen LogP contribution < -0.4 is 15.4 Å². The minimum absolute atomic E-state index is 0.105. The highest BCUT2D eigenvalue weighted by Gasteiger charge is 2.14. The van der Waals surface area contributed by atoms with Gasteiger partial charge in [-0.05, 0) is 32.0 Å². The fourth-order valence-electron chi connectivity index (χ4n) is 1.68. The van der Waals surface area contributed by atoms with Crippen molar-refractivity contribution in [3.8, 4) is 5.75 Å². The average Bonchev–Trinajstić information content (AvgIpc) is 2.38. The first-order valence-electron chi connectivity index (χ1n) is 6.53. The van der Waals surface area contributed by atoms with Crippen LogP contribution in [-0.2, 0) is 9.53 Å². The maximum absolute atomic E-state index is 11.9. The maximum Gasteiger partial charge on any atom is 0.319 e. The first kappa shape index (κ1) is 17.1. The molecule has 0 aliphatic rings. The Kier molecular flexibility index (Phi) is 6.81. The molecule has 21 heavy (non-hydrogen) atoms. The fraction of sp³-hybridized carbons (Fsp3) is 0.429. The van der Waals surface area contributed by atoms with Crippen LogP contribution in [-0.4, -0.2) is 31.8 Å². The average molecular weight is 315 g/mol. The van der Waals surface area contributed by atoms with Crippen molar-refractivity contribution >= 4 is 29.3 Å². The highest BCUT2D eigenvalue weighted by Crippen LogP contribution is 2.27. The zero-order chi connectivity index (χ0) is 15.8.